The van der Waals surface area contributed by atoms with Crippen LogP contribution in [0.25, 0.3) is 10.9 Å². The van der Waals surface area contributed by atoms with Crippen LogP contribution in [0.15, 0.2) is 41.9 Å². The fourth-order valence-electron chi connectivity index (χ4n) is 1.77. The van der Waals surface area contributed by atoms with E-state index < -0.39 is 0 Å². The van der Waals surface area contributed by atoms with Gasteiger partial charge in [0.2, 0.25) is 0 Å². The largest absolute Gasteiger partial charge is 0.347 e. The van der Waals surface area contributed by atoms with Crippen molar-refractivity contribution >= 4 is 28.4 Å². The Hall–Kier alpha value is -1.87. The first kappa shape index (κ1) is 12.6. The second kappa shape index (κ2) is 5.19. The highest BCUT2D eigenvalue weighted by Crippen LogP contribution is 2.18. The molecule has 1 aromatic heterocycles. The summed E-state index contributed by atoms with van der Waals surface area (Å²) < 4.78 is 0. The molecule has 1 N–H and O–H groups in total. The quantitative estimate of drug-likeness (QED) is 0.922. The summed E-state index contributed by atoms with van der Waals surface area (Å²) in [7, 11) is 0. The van der Waals surface area contributed by atoms with E-state index in [1.807, 2.05) is 31.2 Å². The average Bonchev–Trinajstić information content (AvgIpc) is 2.34. The van der Waals surface area contributed by atoms with Gasteiger partial charge in [-0.1, -0.05) is 36.4 Å². The lowest BCUT2D eigenvalue weighted by atomic mass is 10.1. The fourth-order valence-corrected chi connectivity index (χ4v) is 1.83. The van der Waals surface area contributed by atoms with E-state index in [1.54, 1.807) is 6.07 Å². The van der Waals surface area contributed by atoms with Crippen LogP contribution in [0, 0.1) is 6.92 Å². The zero-order valence-corrected chi connectivity index (χ0v) is 10.8. The minimum absolute atomic E-state index is 0.168. The van der Waals surface area contributed by atoms with E-state index in [0.717, 1.165) is 16.6 Å². The number of hydrogen-bond donors (Lipinski definition) is 1. The lowest BCUT2D eigenvalue weighted by Gasteiger charge is -2.08. The van der Waals surface area contributed by atoms with Gasteiger partial charge in [0.25, 0.3) is 5.91 Å². The molecule has 0 fully saturated rings. The number of aryl methyl sites for hydroxylation is 1. The maximum absolute atomic E-state index is 12.1. The third-order valence-corrected chi connectivity index (χ3v) is 2.66. The molecular formula is C14H13ClN2O. The van der Waals surface area contributed by atoms with Gasteiger partial charge in [-0.15, -0.1) is 0 Å². The number of benzene rings is 1. The molecule has 0 saturated carbocycles. The molecule has 2 rings (SSSR count). The third kappa shape index (κ3) is 2.68. The van der Waals surface area contributed by atoms with Gasteiger partial charge in [0, 0.05) is 16.1 Å². The summed E-state index contributed by atoms with van der Waals surface area (Å²) in [5.74, 6) is -0.168. The Balaban J connectivity index is 2.43. The summed E-state index contributed by atoms with van der Waals surface area (Å²) in [6.45, 7) is 5.66. The van der Waals surface area contributed by atoms with E-state index in [1.165, 1.54) is 0 Å². The summed E-state index contributed by atoms with van der Waals surface area (Å²) in [6.07, 6.45) is 0. The van der Waals surface area contributed by atoms with Gasteiger partial charge in [-0.2, -0.15) is 0 Å². The van der Waals surface area contributed by atoms with E-state index in [4.69, 9.17) is 11.6 Å². The first-order valence-corrected chi connectivity index (χ1v) is 5.93. The molecule has 0 aliphatic carbocycles. The Kier molecular flexibility index (Phi) is 3.63. The number of aromatic nitrogens is 1. The third-order valence-electron chi connectivity index (χ3n) is 2.53. The van der Waals surface area contributed by atoms with E-state index in [-0.39, 0.29) is 12.5 Å². The molecule has 0 aliphatic rings. The maximum Gasteiger partial charge on any atom is 0.252 e. The smallest absolute Gasteiger partial charge is 0.252 e. The minimum Gasteiger partial charge on any atom is -0.347 e. The summed E-state index contributed by atoms with van der Waals surface area (Å²) in [5, 5.41) is 3.95. The van der Waals surface area contributed by atoms with E-state index in [9.17, 15) is 4.79 Å². The summed E-state index contributed by atoms with van der Waals surface area (Å²) >= 11 is 5.64. The van der Waals surface area contributed by atoms with Gasteiger partial charge in [-0.05, 0) is 19.1 Å². The highest BCUT2D eigenvalue weighted by Gasteiger charge is 2.11. The summed E-state index contributed by atoms with van der Waals surface area (Å²) in [4.78, 5) is 16.5. The Morgan fingerprint density at radius 1 is 1.44 bits per heavy atom. The molecule has 18 heavy (non-hydrogen) atoms. The Morgan fingerprint density at radius 3 is 2.89 bits per heavy atom. The summed E-state index contributed by atoms with van der Waals surface area (Å²) in [6, 6.07) is 9.33. The average molecular weight is 261 g/mol. The molecule has 92 valence electrons. The number of hydrogen-bond acceptors (Lipinski definition) is 2. The van der Waals surface area contributed by atoms with Gasteiger partial charge < -0.3 is 5.32 Å². The Bertz CT molecular complexity index is 622. The number of amides is 1. The molecule has 1 heterocycles. The van der Waals surface area contributed by atoms with Crippen molar-refractivity contribution in [2.45, 2.75) is 6.92 Å². The number of nitrogens with zero attached hydrogens (tertiary/aromatic N) is 1. The molecule has 0 unspecified atom stereocenters. The normalized spacial score (nSPS) is 10.3. The topological polar surface area (TPSA) is 42.0 Å². The van der Waals surface area contributed by atoms with Crippen molar-refractivity contribution in [3.05, 3.63) is 53.2 Å². The standard InChI is InChI=1S/C14H13ClN2O/c1-9(15)8-16-14(18)12-7-10(2)17-13-6-4-3-5-11(12)13/h3-7H,1,8H2,2H3,(H,16,18). The second-order valence-corrected chi connectivity index (χ2v) is 4.56. The number of halogens is 1. The summed E-state index contributed by atoms with van der Waals surface area (Å²) in [5.41, 5.74) is 2.23. The first-order valence-electron chi connectivity index (χ1n) is 5.56. The van der Waals surface area contributed by atoms with Gasteiger partial charge in [-0.3, -0.25) is 9.78 Å². The van der Waals surface area contributed by atoms with Crippen LogP contribution >= 0.6 is 11.6 Å². The van der Waals surface area contributed by atoms with E-state index in [2.05, 4.69) is 16.9 Å². The van der Waals surface area contributed by atoms with Gasteiger partial charge in [-0.25, -0.2) is 0 Å². The van der Waals surface area contributed by atoms with Crippen molar-refractivity contribution < 1.29 is 4.79 Å². The van der Waals surface area contributed by atoms with Crippen molar-refractivity contribution in [3.63, 3.8) is 0 Å². The molecule has 3 nitrogen and oxygen atoms in total. The van der Waals surface area contributed by atoms with Gasteiger partial charge >= 0.3 is 0 Å². The van der Waals surface area contributed by atoms with Crippen molar-refractivity contribution in [1.82, 2.24) is 10.3 Å². The van der Waals surface area contributed by atoms with Crippen molar-refractivity contribution in [2.75, 3.05) is 6.54 Å². The van der Waals surface area contributed by atoms with Crippen LogP contribution in [-0.2, 0) is 0 Å². The SMILES string of the molecule is C=C(Cl)CNC(=O)c1cc(C)nc2ccccc12. The molecule has 1 amide bonds. The monoisotopic (exact) mass is 260 g/mol. The molecule has 0 spiro atoms. The first-order chi connectivity index (χ1) is 8.58. The molecule has 4 heteroatoms. The Labute approximate surface area is 110 Å². The number of carbonyl (C=O) groups is 1. The number of rotatable bonds is 3. The number of nitrogens with one attached hydrogen (secondary N) is 1. The molecular weight excluding hydrogens is 248 g/mol. The van der Waals surface area contributed by atoms with Gasteiger partial charge in [0.05, 0.1) is 17.6 Å². The van der Waals surface area contributed by atoms with Gasteiger partial charge in [0.15, 0.2) is 0 Å². The van der Waals surface area contributed by atoms with Crippen molar-refractivity contribution in [3.8, 4) is 0 Å². The molecule has 0 saturated heterocycles. The van der Waals surface area contributed by atoms with Crippen LogP contribution < -0.4 is 5.32 Å². The van der Waals surface area contributed by atoms with Crippen LogP contribution in [0.5, 0.6) is 0 Å². The molecule has 0 bridgehead atoms. The Morgan fingerprint density at radius 2 is 2.17 bits per heavy atom. The van der Waals surface area contributed by atoms with Crippen molar-refractivity contribution in [1.29, 1.82) is 0 Å². The van der Waals surface area contributed by atoms with E-state index >= 15 is 0 Å². The minimum atomic E-state index is -0.168. The fraction of sp³-hybridized carbons (Fsp3) is 0.143. The zero-order chi connectivity index (χ0) is 13.1. The number of para-hydroxylation sites is 1. The van der Waals surface area contributed by atoms with Crippen LogP contribution in [0.3, 0.4) is 0 Å². The molecule has 0 aliphatic heterocycles. The predicted octanol–water partition coefficient (Wildman–Crippen LogP) is 3.03. The lowest BCUT2D eigenvalue weighted by Crippen LogP contribution is -2.24. The molecule has 2 aromatic rings. The van der Waals surface area contributed by atoms with Crippen LogP contribution in [0.2, 0.25) is 0 Å². The number of carbonyl (C=O) groups excluding carboxylic acids is 1. The lowest BCUT2D eigenvalue weighted by molar-refractivity contribution is 0.0959. The molecule has 0 atom stereocenters. The van der Waals surface area contributed by atoms with Crippen LogP contribution in [-0.4, -0.2) is 17.4 Å². The molecule has 0 radical (unpaired) electrons. The second-order valence-electron chi connectivity index (χ2n) is 4.03. The van der Waals surface area contributed by atoms with Gasteiger partial charge in [0.1, 0.15) is 0 Å². The highest BCUT2D eigenvalue weighted by molar-refractivity contribution is 6.29. The van der Waals surface area contributed by atoms with E-state index in [0.29, 0.717) is 10.6 Å². The zero-order valence-electron chi connectivity index (χ0n) is 10.0. The predicted molar refractivity (Wildman–Crippen MR) is 73.8 cm³/mol. The highest BCUT2D eigenvalue weighted by atomic mass is 35.5. The number of fused-ring (bicyclic) bond motifs is 1. The van der Waals surface area contributed by atoms with Crippen molar-refractivity contribution in [2.24, 2.45) is 0 Å². The number of pyridine rings is 1. The maximum atomic E-state index is 12.1. The van der Waals surface area contributed by atoms with Crippen LogP contribution in [0.1, 0.15) is 16.1 Å². The molecule has 1 aromatic carbocycles. The van der Waals surface area contributed by atoms with Crippen LogP contribution in [0.4, 0.5) is 0 Å².